The van der Waals surface area contributed by atoms with Crippen molar-refractivity contribution in [3.8, 4) is 5.75 Å². The second kappa shape index (κ2) is 6.55. The molecule has 6 nitrogen and oxygen atoms in total. The largest absolute Gasteiger partial charge is 0.497 e. The van der Waals surface area contributed by atoms with Crippen molar-refractivity contribution in [1.82, 2.24) is 4.90 Å². The number of amides is 1. The molecule has 25 heavy (non-hydrogen) atoms. The van der Waals surface area contributed by atoms with Gasteiger partial charge in [-0.15, -0.1) is 0 Å². The number of methoxy groups -OCH3 is 1. The predicted molar refractivity (Wildman–Crippen MR) is 89.7 cm³/mol. The van der Waals surface area contributed by atoms with Crippen molar-refractivity contribution in [2.45, 2.75) is 19.0 Å². The number of esters is 1. The fraction of sp³-hybridized carbons (Fsp3) is 0.316. The lowest BCUT2D eigenvalue weighted by Gasteiger charge is -2.54. The molecule has 1 saturated heterocycles. The Balaban J connectivity index is 1.91. The van der Waals surface area contributed by atoms with E-state index in [0.717, 1.165) is 5.56 Å². The van der Waals surface area contributed by atoms with Crippen LogP contribution in [0.2, 0.25) is 0 Å². The van der Waals surface area contributed by atoms with E-state index in [0.29, 0.717) is 12.3 Å². The van der Waals surface area contributed by atoms with Gasteiger partial charge in [0.15, 0.2) is 11.7 Å². The highest BCUT2D eigenvalue weighted by atomic mass is 16.5. The van der Waals surface area contributed by atoms with E-state index in [-0.39, 0.29) is 18.3 Å². The molecule has 3 rings (SSSR count). The van der Waals surface area contributed by atoms with Crippen molar-refractivity contribution in [2.24, 2.45) is 5.92 Å². The summed E-state index contributed by atoms with van der Waals surface area (Å²) in [6, 6.07) is 7.37. The van der Waals surface area contributed by atoms with Gasteiger partial charge in [-0.2, -0.15) is 0 Å². The molecule has 1 aromatic rings. The summed E-state index contributed by atoms with van der Waals surface area (Å²) in [5.74, 6) is -1.33. The molecule has 1 aliphatic heterocycles. The van der Waals surface area contributed by atoms with E-state index < -0.39 is 17.4 Å². The summed E-state index contributed by atoms with van der Waals surface area (Å²) in [7, 11) is 1.57. The zero-order chi connectivity index (χ0) is 18.0. The zero-order valence-electron chi connectivity index (χ0n) is 14.1. The average Bonchev–Trinajstić information content (AvgIpc) is 2.62. The van der Waals surface area contributed by atoms with Crippen molar-refractivity contribution in [3.05, 3.63) is 54.1 Å². The van der Waals surface area contributed by atoms with Gasteiger partial charge in [0.2, 0.25) is 5.91 Å². The lowest BCUT2D eigenvalue weighted by molar-refractivity contribution is -0.177. The molecular formula is C19H19NO5. The molecule has 1 fully saturated rings. The van der Waals surface area contributed by atoms with E-state index in [1.807, 2.05) is 24.3 Å². The second-order valence-electron chi connectivity index (χ2n) is 5.92. The number of β-lactam (4-membered cyclic amide) rings is 1. The number of benzene rings is 1. The highest BCUT2D eigenvalue weighted by Crippen LogP contribution is 2.43. The first-order chi connectivity index (χ1) is 12.0. The molecule has 0 N–H and O–H groups in total. The highest BCUT2D eigenvalue weighted by Gasteiger charge is 2.62. The normalized spacial score (nSPS) is 20.6. The first-order valence-electron chi connectivity index (χ1n) is 8.05. The number of nitrogens with zero attached hydrogens (tertiary/aromatic N) is 1. The van der Waals surface area contributed by atoms with Gasteiger partial charge in [-0.25, -0.2) is 0 Å². The number of likely N-dealkylation sites (tertiary alicyclic amines) is 1. The van der Waals surface area contributed by atoms with Crippen molar-refractivity contribution in [1.29, 1.82) is 0 Å². The monoisotopic (exact) mass is 341 g/mol. The number of carbonyl (C=O) groups excluding carboxylic acids is 3. The Hall–Kier alpha value is -2.89. The molecular weight excluding hydrogens is 322 g/mol. The molecule has 0 saturated carbocycles. The van der Waals surface area contributed by atoms with Crippen LogP contribution < -0.4 is 4.74 Å². The first kappa shape index (κ1) is 17.0. The van der Waals surface area contributed by atoms with E-state index in [4.69, 9.17) is 9.47 Å². The van der Waals surface area contributed by atoms with Gasteiger partial charge in [-0.1, -0.05) is 12.1 Å². The third kappa shape index (κ3) is 2.84. The molecule has 1 amide bonds. The maximum absolute atomic E-state index is 12.6. The fourth-order valence-electron chi connectivity index (χ4n) is 3.23. The molecule has 0 radical (unpaired) electrons. The Labute approximate surface area is 145 Å². The van der Waals surface area contributed by atoms with Gasteiger partial charge in [-0.05, 0) is 48.9 Å². The minimum absolute atomic E-state index is 0.172. The summed E-state index contributed by atoms with van der Waals surface area (Å²) >= 11 is 0. The number of hydrogen-bond acceptors (Lipinski definition) is 5. The van der Waals surface area contributed by atoms with Crippen LogP contribution >= 0.6 is 0 Å². The van der Waals surface area contributed by atoms with E-state index >= 15 is 0 Å². The minimum Gasteiger partial charge on any atom is -0.497 e. The topological polar surface area (TPSA) is 72.9 Å². The van der Waals surface area contributed by atoms with Gasteiger partial charge in [0.25, 0.3) is 0 Å². The van der Waals surface area contributed by atoms with Gasteiger partial charge in [-0.3, -0.25) is 14.4 Å². The molecule has 0 aromatic heterocycles. The number of carbonyl (C=O) groups is 3. The summed E-state index contributed by atoms with van der Waals surface area (Å²) in [6.07, 6.45) is 5.99. The summed E-state index contributed by atoms with van der Waals surface area (Å²) in [4.78, 5) is 38.0. The quantitative estimate of drug-likeness (QED) is 0.463. The molecule has 6 heteroatoms. The Kier molecular flexibility index (Phi) is 4.44. The van der Waals surface area contributed by atoms with Crippen molar-refractivity contribution < 1.29 is 23.9 Å². The predicted octanol–water partition coefficient (Wildman–Crippen LogP) is 1.65. The Morgan fingerprint density at radius 3 is 2.60 bits per heavy atom. The Morgan fingerprint density at radius 1 is 1.24 bits per heavy atom. The summed E-state index contributed by atoms with van der Waals surface area (Å²) in [5, 5.41) is 0. The lowest BCUT2D eigenvalue weighted by atomic mass is 9.70. The molecule has 2 aliphatic rings. The van der Waals surface area contributed by atoms with Crippen LogP contribution in [0.25, 0.3) is 0 Å². The smallest absolute Gasteiger partial charge is 0.321 e. The maximum atomic E-state index is 12.6. The fourth-order valence-corrected chi connectivity index (χ4v) is 3.23. The van der Waals surface area contributed by atoms with Crippen LogP contribution in [-0.4, -0.2) is 41.8 Å². The van der Waals surface area contributed by atoms with Crippen LogP contribution in [0.4, 0.5) is 0 Å². The molecule has 1 spiro atoms. The zero-order valence-corrected chi connectivity index (χ0v) is 14.1. The molecule has 1 aliphatic carbocycles. The van der Waals surface area contributed by atoms with Crippen LogP contribution in [0.15, 0.2) is 48.6 Å². The van der Waals surface area contributed by atoms with Crippen LogP contribution in [0.1, 0.15) is 12.5 Å². The standard InChI is InChI=1S/C19H19NO5/c1-3-25-18(23)16-17(22)20(19(16)9-7-14(21)8-10-19)12-13-5-4-6-15(11-13)24-2/h4-11,16H,3,12H2,1-2H3. The third-order valence-electron chi connectivity index (χ3n) is 4.47. The molecule has 1 aromatic carbocycles. The number of ketones is 1. The molecule has 1 atom stereocenters. The van der Waals surface area contributed by atoms with Gasteiger partial charge in [0.05, 0.1) is 13.7 Å². The van der Waals surface area contributed by atoms with Gasteiger partial charge < -0.3 is 14.4 Å². The molecule has 1 heterocycles. The van der Waals surface area contributed by atoms with Crippen LogP contribution in [0.3, 0.4) is 0 Å². The van der Waals surface area contributed by atoms with E-state index in [9.17, 15) is 14.4 Å². The highest BCUT2D eigenvalue weighted by molar-refractivity contribution is 6.09. The van der Waals surface area contributed by atoms with E-state index in [2.05, 4.69) is 0 Å². The van der Waals surface area contributed by atoms with Crippen molar-refractivity contribution >= 4 is 17.7 Å². The van der Waals surface area contributed by atoms with E-state index in [1.54, 1.807) is 31.1 Å². The lowest BCUT2D eigenvalue weighted by Crippen LogP contribution is -2.71. The summed E-state index contributed by atoms with van der Waals surface area (Å²) < 4.78 is 10.3. The minimum atomic E-state index is -0.960. The summed E-state index contributed by atoms with van der Waals surface area (Å²) in [6.45, 7) is 2.19. The number of ether oxygens (including phenoxy) is 2. The SMILES string of the molecule is CCOC(=O)C1C(=O)N(Cc2cccc(OC)c2)C12C=CC(=O)C=C2. The summed E-state index contributed by atoms with van der Waals surface area (Å²) in [5.41, 5.74) is -0.0894. The molecule has 130 valence electrons. The Bertz CT molecular complexity index is 764. The molecule has 1 unspecified atom stereocenters. The van der Waals surface area contributed by atoms with Gasteiger partial charge in [0.1, 0.15) is 11.3 Å². The average molecular weight is 341 g/mol. The van der Waals surface area contributed by atoms with Crippen LogP contribution in [-0.2, 0) is 25.7 Å². The Morgan fingerprint density at radius 2 is 1.96 bits per heavy atom. The van der Waals surface area contributed by atoms with Crippen LogP contribution in [0, 0.1) is 5.92 Å². The van der Waals surface area contributed by atoms with Crippen LogP contribution in [0.5, 0.6) is 5.75 Å². The second-order valence-corrected chi connectivity index (χ2v) is 5.92. The molecule has 0 bridgehead atoms. The number of rotatable bonds is 5. The van der Waals surface area contributed by atoms with Gasteiger partial charge in [0, 0.05) is 6.54 Å². The van der Waals surface area contributed by atoms with Crippen molar-refractivity contribution in [2.75, 3.05) is 13.7 Å². The van der Waals surface area contributed by atoms with Gasteiger partial charge >= 0.3 is 5.97 Å². The maximum Gasteiger partial charge on any atom is 0.321 e. The third-order valence-corrected chi connectivity index (χ3v) is 4.47. The number of allylic oxidation sites excluding steroid dienone is 2. The van der Waals surface area contributed by atoms with Crippen molar-refractivity contribution in [3.63, 3.8) is 0 Å². The number of hydrogen-bond donors (Lipinski definition) is 0. The van der Waals surface area contributed by atoms with E-state index in [1.165, 1.54) is 12.2 Å². The first-order valence-corrected chi connectivity index (χ1v) is 8.05.